The summed E-state index contributed by atoms with van der Waals surface area (Å²) in [6.45, 7) is 4.38. The normalized spacial score (nSPS) is 12.4. The van der Waals surface area contributed by atoms with Crippen molar-refractivity contribution in [1.82, 2.24) is 9.55 Å². The molecule has 0 saturated carbocycles. The summed E-state index contributed by atoms with van der Waals surface area (Å²) < 4.78 is 2.00. The molecule has 0 radical (unpaired) electrons. The van der Waals surface area contributed by atoms with Crippen LogP contribution < -0.4 is 5.32 Å². The Morgan fingerprint density at radius 2 is 1.64 bits per heavy atom. The number of imidazole rings is 1. The van der Waals surface area contributed by atoms with Gasteiger partial charge in [0, 0.05) is 23.2 Å². The van der Waals surface area contributed by atoms with E-state index in [-0.39, 0.29) is 28.8 Å². The number of nitrogens with zero attached hydrogens (tertiary/aromatic N) is 2. The van der Waals surface area contributed by atoms with Crippen molar-refractivity contribution < 1.29 is 14.4 Å². The number of rotatable bonds is 6. The molecule has 162 valence electrons. The van der Waals surface area contributed by atoms with E-state index in [0.717, 1.165) is 11.0 Å². The first-order valence-corrected chi connectivity index (χ1v) is 11.4. The minimum atomic E-state index is -0.287. The first-order valence-electron chi connectivity index (χ1n) is 10.4. The largest absolute Gasteiger partial charge is 0.325 e. The first kappa shape index (κ1) is 20.9. The monoisotopic (exact) mass is 453 g/mol. The lowest BCUT2D eigenvalue weighted by Gasteiger charge is -2.20. The maximum absolute atomic E-state index is 13.1. The Morgan fingerprint density at radius 3 is 2.42 bits per heavy atom. The molecule has 6 nitrogen and oxygen atoms in total. The number of aromatic nitrogens is 2. The lowest BCUT2D eigenvalue weighted by molar-refractivity contribution is -0.113. The van der Waals surface area contributed by atoms with Crippen molar-refractivity contribution in [2.75, 3.05) is 11.1 Å². The van der Waals surface area contributed by atoms with E-state index in [9.17, 15) is 14.4 Å². The molecule has 4 aromatic rings. The molecule has 0 atom stereocenters. The van der Waals surface area contributed by atoms with Gasteiger partial charge in [-0.05, 0) is 18.2 Å². The van der Waals surface area contributed by atoms with Gasteiger partial charge in [-0.15, -0.1) is 6.58 Å². The molecule has 1 aliphatic rings. The number of hydrogen-bond acceptors (Lipinski definition) is 5. The van der Waals surface area contributed by atoms with E-state index in [1.54, 1.807) is 48.5 Å². The highest BCUT2D eigenvalue weighted by Gasteiger charge is 2.31. The SMILES string of the molecule is C=CCn1c(SCC(=O)Nc2cccc3c2C(=O)c2ccccc2C3=O)nc2ccccc21. The number of para-hydroxylation sites is 2. The van der Waals surface area contributed by atoms with Crippen molar-refractivity contribution in [1.29, 1.82) is 0 Å². The van der Waals surface area contributed by atoms with Crippen LogP contribution in [0.4, 0.5) is 5.69 Å². The van der Waals surface area contributed by atoms with Crippen LogP contribution in [0.5, 0.6) is 0 Å². The minimum Gasteiger partial charge on any atom is -0.325 e. The Labute approximate surface area is 194 Å². The van der Waals surface area contributed by atoms with Gasteiger partial charge in [0.05, 0.1) is 28.0 Å². The molecule has 0 saturated heterocycles. The second-order valence-electron chi connectivity index (χ2n) is 7.55. The van der Waals surface area contributed by atoms with E-state index in [4.69, 9.17) is 0 Å². The topological polar surface area (TPSA) is 81.1 Å². The van der Waals surface area contributed by atoms with E-state index in [1.807, 2.05) is 28.8 Å². The molecular formula is C26H19N3O3S. The first-order chi connectivity index (χ1) is 16.1. The highest BCUT2D eigenvalue weighted by Crippen LogP contribution is 2.32. The fourth-order valence-corrected chi connectivity index (χ4v) is 4.86. The summed E-state index contributed by atoms with van der Waals surface area (Å²) in [7, 11) is 0. The van der Waals surface area contributed by atoms with Crippen LogP contribution in [0.3, 0.4) is 0 Å². The number of fused-ring (bicyclic) bond motifs is 3. The number of ketones is 2. The summed E-state index contributed by atoms with van der Waals surface area (Å²) in [5.74, 6) is -0.673. The molecule has 7 heteroatoms. The number of amides is 1. The molecule has 0 aliphatic heterocycles. The average molecular weight is 454 g/mol. The van der Waals surface area contributed by atoms with E-state index in [0.29, 0.717) is 34.1 Å². The summed E-state index contributed by atoms with van der Waals surface area (Å²) in [4.78, 5) is 43.4. The Hall–Kier alpha value is -3.97. The molecule has 5 rings (SSSR count). The number of carbonyl (C=O) groups excluding carboxylic acids is 3. The van der Waals surface area contributed by atoms with Gasteiger partial charge in [-0.25, -0.2) is 4.98 Å². The zero-order valence-electron chi connectivity index (χ0n) is 17.6. The van der Waals surface area contributed by atoms with Crippen LogP contribution in [-0.4, -0.2) is 32.8 Å². The zero-order chi connectivity index (χ0) is 22.9. The lowest BCUT2D eigenvalue weighted by Crippen LogP contribution is -2.24. The Bertz CT molecular complexity index is 1450. The molecule has 1 aromatic heterocycles. The van der Waals surface area contributed by atoms with Gasteiger partial charge >= 0.3 is 0 Å². The number of carbonyl (C=O) groups is 3. The minimum absolute atomic E-state index is 0.100. The van der Waals surface area contributed by atoms with Crippen molar-refractivity contribution >= 4 is 46.0 Å². The molecule has 0 unspecified atom stereocenters. The predicted octanol–water partition coefficient (Wildman–Crippen LogP) is 4.73. The molecule has 1 aliphatic carbocycles. The summed E-state index contributed by atoms with van der Waals surface area (Å²) in [5, 5.41) is 3.53. The predicted molar refractivity (Wildman–Crippen MR) is 129 cm³/mol. The van der Waals surface area contributed by atoms with Crippen LogP contribution in [0, 0.1) is 0 Å². The average Bonchev–Trinajstić information content (AvgIpc) is 3.19. The van der Waals surface area contributed by atoms with Gasteiger partial charge in [0.2, 0.25) is 5.91 Å². The Kier molecular flexibility index (Phi) is 5.40. The van der Waals surface area contributed by atoms with Crippen LogP contribution in [0.15, 0.2) is 84.5 Å². The molecular weight excluding hydrogens is 434 g/mol. The van der Waals surface area contributed by atoms with Gasteiger partial charge in [0.15, 0.2) is 16.7 Å². The van der Waals surface area contributed by atoms with Crippen LogP contribution in [0.2, 0.25) is 0 Å². The highest BCUT2D eigenvalue weighted by atomic mass is 32.2. The zero-order valence-corrected chi connectivity index (χ0v) is 18.4. The lowest BCUT2D eigenvalue weighted by atomic mass is 9.83. The molecule has 1 N–H and O–H groups in total. The Balaban J connectivity index is 1.39. The maximum Gasteiger partial charge on any atom is 0.234 e. The van der Waals surface area contributed by atoms with Crippen LogP contribution >= 0.6 is 11.8 Å². The number of allylic oxidation sites excluding steroid dienone is 1. The molecule has 0 bridgehead atoms. The highest BCUT2D eigenvalue weighted by molar-refractivity contribution is 7.99. The van der Waals surface area contributed by atoms with E-state index >= 15 is 0 Å². The van der Waals surface area contributed by atoms with E-state index in [2.05, 4.69) is 16.9 Å². The third-order valence-corrected chi connectivity index (χ3v) is 6.47. The smallest absolute Gasteiger partial charge is 0.234 e. The van der Waals surface area contributed by atoms with Gasteiger partial charge in [0.1, 0.15) is 0 Å². The van der Waals surface area contributed by atoms with Crippen LogP contribution in [0.25, 0.3) is 11.0 Å². The number of benzene rings is 3. The fraction of sp³-hybridized carbons (Fsp3) is 0.0769. The van der Waals surface area contributed by atoms with Crippen LogP contribution in [-0.2, 0) is 11.3 Å². The third kappa shape index (κ3) is 3.66. The van der Waals surface area contributed by atoms with Crippen molar-refractivity contribution in [3.8, 4) is 0 Å². The third-order valence-electron chi connectivity index (χ3n) is 5.49. The van der Waals surface area contributed by atoms with Crippen molar-refractivity contribution in [3.05, 3.63) is 102 Å². The second kappa shape index (κ2) is 8.52. The standard InChI is InChI=1S/C26H19N3O3S/c1-2-14-29-21-13-6-5-11-19(21)28-26(29)33-15-22(30)27-20-12-7-10-18-23(20)25(32)17-9-4-3-8-16(17)24(18)31/h2-13H,1,14-15H2,(H,27,30). The van der Waals surface area contributed by atoms with Gasteiger partial charge in [0.25, 0.3) is 0 Å². The fourth-order valence-electron chi connectivity index (χ4n) is 4.03. The molecule has 33 heavy (non-hydrogen) atoms. The number of thioether (sulfide) groups is 1. The van der Waals surface area contributed by atoms with Crippen molar-refractivity contribution in [2.45, 2.75) is 11.7 Å². The molecule has 3 aromatic carbocycles. The molecule has 0 spiro atoms. The Morgan fingerprint density at radius 1 is 0.939 bits per heavy atom. The molecule has 1 amide bonds. The van der Waals surface area contributed by atoms with E-state index in [1.165, 1.54) is 11.8 Å². The van der Waals surface area contributed by atoms with E-state index < -0.39 is 0 Å². The van der Waals surface area contributed by atoms with Gasteiger partial charge < -0.3 is 9.88 Å². The molecule has 0 fully saturated rings. The number of nitrogens with one attached hydrogen (secondary N) is 1. The van der Waals surface area contributed by atoms with Gasteiger partial charge in [-0.2, -0.15) is 0 Å². The summed E-state index contributed by atoms with van der Waals surface area (Å²) in [5.41, 5.74) is 3.43. The van der Waals surface area contributed by atoms with Gasteiger partial charge in [-0.1, -0.05) is 66.4 Å². The summed E-state index contributed by atoms with van der Waals surface area (Å²) >= 11 is 1.31. The number of hydrogen-bond donors (Lipinski definition) is 1. The number of anilines is 1. The van der Waals surface area contributed by atoms with Gasteiger partial charge in [-0.3, -0.25) is 14.4 Å². The maximum atomic E-state index is 13.1. The van der Waals surface area contributed by atoms with Crippen molar-refractivity contribution in [2.24, 2.45) is 0 Å². The van der Waals surface area contributed by atoms with Crippen LogP contribution in [0.1, 0.15) is 31.8 Å². The summed E-state index contributed by atoms with van der Waals surface area (Å²) in [6.07, 6.45) is 1.79. The second-order valence-corrected chi connectivity index (χ2v) is 8.49. The summed E-state index contributed by atoms with van der Waals surface area (Å²) in [6, 6.07) is 19.4. The quantitative estimate of drug-likeness (QED) is 0.297. The molecule has 1 heterocycles. The van der Waals surface area contributed by atoms with Crippen molar-refractivity contribution in [3.63, 3.8) is 0 Å².